The van der Waals surface area contributed by atoms with E-state index in [-0.39, 0.29) is 23.2 Å². The molecule has 0 bridgehead atoms. The zero-order chi connectivity index (χ0) is 21.3. The minimum atomic E-state index is -0.308. The van der Waals surface area contributed by atoms with Crippen molar-refractivity contribution in [1.29, 1.82) is 0 Å². The smallest absolute Gasteiger partial charge is 0.266 e. The summed E-state index contributed by atoms with van der Waals surface area (Å²) in [5, 5.41) is 5.38. The predicted octanol–water partition coefficient (Wildman–Crippen LogP) is 3.68. The lowest BCUT2D eigenvalue weighted by molar-refractivity contribution is 0.0684. The highest BCUT2D eigenvalue weighted by molar-refractivity contribution is 7.13. The molecule has 0 atom stereocenters. The molecule has 4 rings (SSSR count). The second-order valence-corrected chi connectivity index (χ2v) is 8.83. The average Bonchev–Trinajstić information content (AvgIpc) is 3.08. The molecule has 3 aromatic rings. The quantitative estimate of drug-likeness (QED) is 0.638. The Bertz CT molecular complexity index is 1110. The Hall–Kier alpha value is -2.87. The highest BCUT2D eigenvalue weighted by Crippen LogP contribution is 2.24. The molecule has 0 saturated carbocycles. The zero-order valence-corrected chi connectivity index (χ0v) is 17.8. The lowest BCUT2D eigenvalue weighted by Gasteiger charge is -2.31. The summed E-state index contributed by atoms with van der Waals surface area (Å²) in [6.07, 6.45) is 1.63. The number of piperidine rings is 1. The monoisotopic (exact) mass is 426 g/mol. The Labute approximate surface area is 178 Å². The van der Waals surface area contributed by atoms with Crippen LogP contribution in [0.25, 0.3) is 11.3 Å². The maximum absolute atomic E-state index is 13.2. The van der Waals surface area contributed by atoms with Gasteiger partial charge in [-0.15, -0.1) is 11.3 Å². The Morgan fingerprint density at radius 1 is 1.13 bits per heavy atom. The van der Waals surface area contributed by atoms with Crippen LogP contribution in [0.1, 0.15) is 33.2 Å². The number of benzene rings is 1. The van der Waals surface area contributed by atoms with Crippen LogP contribution in [0, 0.1) is 25.6 Å². The summed E-state index contributed by atoms with van der Waals surface area (Å²) in [5.74, 6) is 0.00854. The third-order valence-electron chi connectivity index (χ3n) is 5.44. The SMILES string of the molecule is Cc1nc(C)c(C(=O)N2CCC(Cn3nc(-c4ccc(F)cc4)ccc3=O)CC2)s1. The predicted molar refractivity (Wildman–Crippen MR) is 114 cm³/mol. The van der Waals surface area contributed by atoms with Crippen molar-refractivity contribution in [2.24, 2.45) is 5.92 Å². The van der Waals surface area contributed by atoms with Crippen LogP contribution in [0.15, 0.2) is 41.2 Å². The van der Waals surface area contributed by atoms with Gasteiger partial charge in [0.15, 0.2) is 0 Å². The molecule has 8 heteroatoms. The molecule has 1 fully saturated rings. The van der Waals surface area contributed by atoms with Gasteiger partial charge in [-0.05, 0) is 62.9 Å². The van der Waals surface area contributed by atoms with E-state index >= 15 is 0 Å². The topological polar surface area (TPSA) is 68.1 Å². The van der Waals surface area contributed by atoms with E-state index < -0.39 is 0 Å². The first-order valence-corrected chi connectivity index (χ1v) is 10.8. The molecule has 156 valence electrons. The molecule has 30 heavy (non-hydrogen) atoms. The van der Waals surface area contributed by atoms with E-state index in [4.69, 9.17) is 0 Å². The van der Waals surface area contributed by atoms with Crippen molar-refractivity contribution in [3.05, 3.63) is 68.1 Å². The van der Waals surface area contributed by atoms with E-state index in [1.54, 1.807) is 18.2 Å². The standard InChI is InChI=1S/C22H23FN4O2S/c1-14-21(30-15(2)24-14)22(29)26-11-9-16(10-12-26)13-27-20(28)8-7-19(25-27)17-3-5-18(23)6-4-17/h3-8,16H,9-13H2,1-2H3. The largest absolute Gasteiger partial charge is 0.338 e. The van der Waals surface area contributed by atoms with Crippen LogP contribution in [0.5, 0.6) is 0 Å². The molecule has 6 nitrogen and oxygen atoms in total. The van der Waals surface area contributed by atoms with Crippen LogP contribution in [0.4, 0.5) is 4.39 Å². The summed E-state index contributed by atoms with van der Waals surface area (Å²) in [7, 11) is 0. The minimum Gasteiger partial charge on any atom is -0.338 e. The molecule has 0 radical (unpaired) electrons. The number of hydrogen-bond donors (Lipinski definition) is 0. The third kappa shape index (κ3) is 4.33. The molecule has 1 aliphatic heterocycles. The van der Waals surface area contributed by atoms with Gasteiger partial charge in [-0.2, -0.15) is 5.10 Å². The number of aromatic nitrogens is 3. The molecule has 1 aliphatic rings. The summed E-state index contributed by atoms with van der Waals surface area (Å²) in [4.78, 5) is 32.0. The fraction of sp³-hybridized carbons (Fsp3) is 0.364. The van der Waals surface area contributed by atoms with Gasteiger partial charge in [-0.1, -0.05) is 0 Å². The summed E-state index contributed by atoms with van der Waals surface area (Å²) in [6, 6.07) is 9.22. The van der Waals surface area contributed by atoms with Gasteiger partial charge < -0.3 is 4.90 Å². The molecular formula is C22H23FN4O2S. The van der Waals surface area contributed by atoms with Gasteiger partial charge in [0.2, 0.25) is 0 Å². The van der Waals surface area contributed by atoms with Crippen molar-refractivity contribution in [1.82, 2.24) is 19.7 Å². The van der Waals surface area contributed by atoms with Crippen molar-refractivity contribution in [2.75, 3.05) is 13.1 Å². The number of likely N-dealkylation sites (tertiary alicyclic amines) is 1. The molecule has 3 heterocycles. The van der Waals surface area contributed by atoms with Crippen LogP contribution >= 0.6 is 11.3 Å². The summed E-state index contributed by atoms with van der Waals surface area (Å²) < 4.78 is 14.7. The number of thiazole rings is 1. The number of nitrogens with zero attached hydrogens (tertiary/aromatic N) is 4. The lowest BCUT2D eigenvalue weighted by atomic mass is 9.96. The number of hydrogen-bond acceptors (Lipinski definition) is 5. The fourth-order valence-electron chi connectivity index (χ4n) is 3.79. The van der Waals surface area contributed by atoms with Crippen molar-refractivity contribution < 1.29 is 9.18 Å². The van der Waals surface area contributed by atoms with Gasteiger partial charge >= 0.3 is 0 Å². The molecule has 0 unspecified atom stereocenters. The third-order valence-corrected chi connectivity index (χ3v) is 6.50. The van der Waals surface area contributed by atoms with Crippen LogP contribution in [0.2, 0.25) is 0 Å². The fourth-order valence-corrected chi connectivity index (χ4v) is 4.68. The van der Waals surface area contributed by atoms with Crippen molar-refractivity contribution in [3.8, 4) is 11.3 Å². The molecule has 1 amide bonds. The first-order valence-electron chi connectivity index (χ1n) is 9.98. The van der Waals surface area contributed by atoms with E-state index in [2.05, 4.69) is 10.1 Å². The Kier molecular flexibility index (Phi) is 5.76. The molecule has 0 spiro atoms. The summed E-state index contributed by atoms with van der Waals surface area (Å²) in [5.41, 5.74) is 2.03. The zero-order valence-electron chi connectivity index (χ0n) is 17.0. The van der Waals surface area contributed by atoms with Crippen molar-refractivity contribution in [3.63, 3.8) is 0 Å². The maximum Gasteiger partial charge on any atom is 0.266 e. The normalized spacial score (nSPS) is 14.8. The van der Waals surface area contributed by atoms with Gasteiger partial charge in [0.05, 0.1) is 16.4 Å². The van der Waals surface area contributed by atoms with Gasteiger partial charge in [0.25, 0.3) is 11.5 Å². The van der Waals surface area contributed by atoms with Crippen LogP contribution in [-0.4, -0.2) is 38.7 Å². The molecular weight excluding hydrogens is 403 g/mol. The van der Waals surface area contributed by atoms with Gasteiger partial charge in [0.1, 0.15) is 10.7 Å². The second-order valence-electron chi connectivity index (χ2n) is 7.63. The van der Waals surface area contributed by atoms with Gasteiger partial charge in [-0.3, -0.25) is 9.59 Å². The van der Waals surface area contributed by atoms with E-state index in [9.17, 15) is 14.0 Å². The van der Waals surface area contributed by atoms with Gasteiger partial charge in [0, 0.05) is 31.3 Å². The average molecular weight is 427 g/mol. The van der Waals surface area contributed by atoms with E-state index in [0.717, 1.165) is 34.0 Å². The number of aryl methyl sites for hydroxylation is 2. The maximum atomic E-state index is 13.2. The lowest BCUT2D eigenvalue weighted by Crippen LogP contribution is -2.40. The number of carbonyl (C=O) groups is 1. The molecule has 0 N–H and O–H groups in total. The van der Waals surface area contributed by atoms with Crippen LogP contribution < -0.4 is 5.56 Å². The molecule has 0 aliphatic carbocycles. The Balaban J connectivity index is 1.42. The first-order chi connectivity index (χ1) is 14.4. The van der Waals surface area contributed by atoms with E-state index in [1.165, 1.54) is 34.2 Å². The Morgan fingerprint density at radius 3 is 2.47 bits per heavy atom. The van der Waals surface area contributed by atoms with E-state index in [1.807, 2.05) is 18.7 Å². The van der Waals surface area contributed by atoms with E-state index in [0.29, 0.717) is 25.3 Å². The second kappa shape index (κ2) is 8.47. The highest BCUT2D eigenvalue weighted by Gasteiger charge is 2.26. The number of rotatable bonds is 4. The first kappa shape index (κ1) is 20.4. The van der Waals surface area contributed by atoms with Crippen molar-refractivity contribution >= 4 is 17.2 Å². The van der Waals surface area contributed by atoms with Crippen molar-refractivity contribution in [2.45, 2.75) is 33.2 Å². The van der Waals surface area contributed by atoms with Gasteiger partial charge in [-0.25, -0.2) is 14.1 Å². The molecule has 2 aromatic heterocycles. The number of halogens is 1. The number of amides is 1. The minimum absolute atomic E-state index is 0.0464. The summed E-state index contributed by atoms with van der Waals surface area (Å²) in [6.45, 7) is 5.61. The molecule has 1 aromatic carbocycles. The number of carbonyl (C=O) groups excluding carboxylic acids is 1. The Morgan fingerprint density at radius 2 is 1.83 bits per heavy atom. The summed E-state index contributed by atoms with van der Waals surface area (Å²) >= 11 is 1.44. The highest BCUT2D eigenvalue weighted by atomic mass is 32.1. The molecule has 1 saturated heterocycles. The van der Waals surface area contributed by atoms with Crippen LogP contribution in [-0.2, 0) is 6.54 Å². The van der Waals surface area contributed by atoms with Crippen LogP contribution in [0.3, 0.4) is 0 Å².